The molecule has 0 heterocycles. The van der Waals surface area contributed by atoms with E-state index in [1.807, 2.05) is 0 Å². The van der Waals surface area contributed by atoms with E-state index in [2.05, 4.69) is 5.32 Å². The van der Waals surface area contributed by atoms with Gasteiger partial charge in [0, 0.05) is 19.1 Å². The number of carboxylic acids is 1. The number of hydrogen-bond acceptors (Lipinski definition) is 3. The van der Waals surface area contributed by atoms with Crippen molar-refractivity contribution in [3.05, 3.63) is 35.4 Å². The van der Waals surface area contributed by atoms with Gasteiger partial charge in [0.25, 0.3) is 0 Å². The summed E-state index contributed by atoms with van der Waals surface area (Å²) in [6.45, 7) is -0.149. The zero-order chi connectivity index (χ0) is 15.6. The van der Waals surface area contributed by atoms with Crippen LogP contribution >= 0.6 is 0 Å². The molecule has 0 aliphatic heterocycles. The van der Waals surface area contributed by atoms with Crippen molar-refractivity contribution >= 4 is 11.9 Å². The van der Waals surface area contributed by atoms with Crippen LogP contribution in [0.15, 0.2) is 18.2 Å². The highest BCUT2D eigenvalue weighted by Crippen LogP contribution is 2.48. The predicted molar refractivity (Wildman–Crippen MR) is 68.6 cm³/mol. The summed E-state index contributed by atoms with van der Waals surface area (Å²) in [7, 11) is 1.33. The molecule has 1 aromatic rings. The largest absolute Gasteiger partial charge is 0.480 e. The Kier molecular flexibility index (Phi) is 4.52. The zero-order valence-corrected chi connectivity index (χ0v) is 11.3. The van der Waals surface area contributed by atoms with Crippen molar-refractivity contribution in [3.8, 4) is 0 Å². The fourth-order valence-corrected chi connectivity index (χ4v) is 2.25. The van der Waals surface area contributed by atoms with E-state index in [4.69, 9.17) is 9.84 Å². The van der Waals surface area contributed by atoms with Gasteiger partial charge in [-0.25, -0.2) is 13.6 Å². The smallest absolute Gasteiger partial charge is 0.328 e. The minimum absolute atomic E-state index is 0.149. The highest BCUT2D eigenvalue weighted by atomic mass is 19.1. The van der Waals surface area contributed by atoms with Gasteiger partial charge in [0.05, 0.1) is 6.61 Å². The summed E-state index contributed by atoms with van der Waals surface area (Å²) in [6.07, 6.45) is 0.410. The predicted octanol–water partition coefficient (Wildman–Crippen LogP) is 1.28. The van der Waals surface area contributed by atoms with Crippen LogP contribution in [0.2, 0.25) is 0 Å². The van der Waals surface area contributed by atoms with Crippen molar-refractivity contribution in [3.63, 3.8) is 0 Å². The molecule has 0 radical (unpaired) electrons. The molecule has 1 saturated carbocycles. The molecule has 0 spiro atoms. The first kappa shape index (κ1) is 15.4. The summed E-state index contributed by atoms with van der Waals surface area (Å²) in [4.78, 5) is 22.8. The van der Waals surface area contributed by atoms with E-state index in [0.29, 0.717) is 6.42 Å². The molecule has 2 N–H and O–H groups in total. The number of carbonyl (C=O) groups excluding carboxylic acids is 1. The molecule has 1 aliphatic carbocycles. The lowest BCUT2D eigenvalue weighted by atomic mass is 10.1. The molecule has 3 unspecified atom stereocenters. The highest BCUT2D eigenvalue weighted by molar-refractivity contribution is 5.87. The molecule has 21 heavy (non-hydrogen) atoms. The van der Waals surface area contributed by atoms with Gasteiger partial charge in [0.2, 0.25) is 5.91 Å². The first-order valence-corrected chi connectivity index (χ1v) is 6.41. The van der Waals surface area contributed by atoms with Gasteiger partial charge < -0.3 is 15.2 Å². The minimum Gasteiger partial charge on any atom is -0.480 e. The Balaban J connectivity index is 1.99. The van der Waals surface area contributed by atoms with E-state index in [1.165, 1.54) is 13.2 Å². The molecular weight excluding hydrogens is 284 g/mol. The number of aliphatic carboxylic acids is 1. The van der Waals surface area contributed by atoms with Gasteiger partial charge in [-0.2, -0.15) is 0 Å². The van der Waals surface area contributed by atoms with Crippen LogP contribution in [-0.2, 0) is 14.3 Å². The lowest BCUT2D eigenvalue weighted by Gasteiger charge is -2.13. The third-order valence-electron chi connectivity index (χ3n) is 3.44. The number of nitrogens with one attached hydrogen (secondary N) is 1. The van der Waals surface area contributed by atoms with Gasteiger partial charge >= 0.3 is 5.97 Å². The van der Waals surface area contributed by atoms with Crippen molar-refractivity contribution in [2.45, 2.75) is 18.4 Å². The molecular formula is C14H15F2NO4. The zero-order valence-electron chi connectivity index (χ0n) is 11.3. The average molecular weight is 299 g/mol. The molecule has 0 aromatic heterocycles. The quantitative estimate of drug-likeness (QED) is 0.830. The fraction of sp³-hybridized carbons (Fsp3) is 0.429. The van der Waals surface area contributed by atoms with Crippen LogP contribution in [0.25, 0.3) is 0 Å². The average Bonchev–Trinajstić information content (AvgIpc) is 3.18. The van der Waals surface area contributed by atoms with Gasteiger partial charge in [-0.3, -0.25) is 4.79 Å². The lowest BCUT2D eigenvalue weighted by Crippen LogP contribution is -2.44. The number of hydrogen-bond donors (Lipinski definition) is 2. The molecule has 7 heteroatoms. The minimum atomic E-state index is -1.20. The number of amides is 1. The topological polar surface area (TPSA) is 75.6 Å². The van der Waals surface area contributed by atoms with Gasteiger partial charge in [-0.1, -0.05) is 6.07 Å². The van der Waals surface area contributed by atoms with Crippen molar-refractivity contribution in [2.75, 3.05) is 13.7 Å². The third kappa shape index (κ3) is 3.55. The van der Waals surface area contributed by atoms with E-state index < -0.39 is 35.5 Å². The standard InChI is InChI=1S/C14H15F2NO4/c1-21-6-12(14(19)20)17-13(18)10-5-9(10)8-3-2-7(15)4-11(8)16/h2-4,9-10,12H,5-6H2,1H3,(H,17,18)(H,19,20). The molecule has 5 nitrogen and oxygen atoms in total. The van der Waals surface area contributed by atoms with Gasteiger partial charge in [0.15, 0.2) is 6.04 Å². The molecule has 0 saturated heterocycles. The van der Waals surface area contributed by atoms with E-state index in [-0.39, 0.29) is 18.1 Å². The maximum absolute atomic E-state index is 13.6. The Morgan fingerprint density at radius 3 is 2.76 bits per heavy atom. The Morgan fingerprint density at radius 1 is 1.48 bits per heavy atom. The van der Waals surface area contributed by atoms with Gasteiger partial charge in [-0.15, -0.1) is 0 Å². The van der Waals surface area contributed by atoms with E-state index in [9.17, 15) is 18.4 Å². The molecule has 1 amide bonds. The second-order valence-corrected chi connectivity index (χ2v) is 4.97. The fourth-order valence-electron chi connectivity index (χ4n) is 2.25. The summed E-state index contributed by atoms with van der Waals surface area (Å²) in [6, 6.07) is 2.08. The summed E-state index contributed by atoms with van der Waals surface area (Å²) < 4.78 is 31.2. The van der Waals surface area contributed by atoms with Crippen LogP contribution in [0, 0.1) is 17.6 Å². The van der Waals surface area contributed by atoms with E-state index in [0.717, 1.165) is 12.1 Å². The van der Waals surface area contributed by atoms with E-state index in [1.54, 1.807) is 0 Å². The van der Waals surface area contributed by atoms with Crippen LogP contribution in [0.1, 0.15) is 17.9 Å². The summed E-state index contributed by atoms with van der Waals surface area (Å²) in [5.74, 6) is -3.87. The summed E-state index contributed by atoms with van der Waals surface area (Å²) in [5.41, 5.74) is 0.273. The van der Waals surface area contributed by atoms with Crippen molar-refractivity contribution in [1.29, 1.82) is 0 Å². The van der Waals surface area contributed by atoms with Crippen LogP contribution < -0.4 is 5.32 Å². The maximum atomic E-state index is 13.6. The molecule has 2 rings (SSSR count). The Hall–Kier alpha value is -2.02. The van der Waals surface area contributed by atoms with Crippen molar-refractivity contribution < 1.29 is 28.2 Å². The van der Waals surface area contributed by atoms with E-state index >= 15 is 0 Å². The van der Waals surface area contributed by atoms with Gasteiger partial charge in [0.1, 0.15) is 11.6 Å². The molecule has 3 atom stereocenters. The van der Waals surface area contributed by atoms with Gasteiger partial charge in [-0.05, 0) is 24.0 Å². The molecule has 1 fully saturated rings. The van der Waals surface area contributed by atoms with Crippen molar-refractivity contribution in [1.82, 2.24) is 5.32 Å². The van der Waals surface area contributed by atoms with Crippen LogP contribution in [0.5, 0.6) is 0 Å². The molecule has 1 aliphatic rings. The Morgan fingerprint density at radius 2 is 2.19 bits per heavy atom. The first-order valence-electron chi connectivity index (χ1n) is 6.41. The maximum Gasteiger partial charge on any atom is 0.328 e. The Labute approximate surface area is 119 Å². The lowest BCUT2D eigenvalue weighted by molar-refractivity contribution is -0.143. The number of carbonyl (C=O) groups is 2. The first-order chi connectivity index (χ1) is 9.93. The van der Waals surface area contributed by atoms with Crippen LogP contribution in [0.4, 0.5) is 8.78 Å². The Bertz CT molecular complexity index is 564. The summed E-state index contributed by atoms with van der Waals surface area (Å²) >= 11 is 0. The number of benzene rings is 1. The summed E-state index contributed by atoms with van der Waals surface area (Å²) in [5, 5.41) is 11.3. The van der Waals surface area contributed by atoms with Crippen molar-refractivity contribution in [2.24, 2.45) is 5.92 Å². The highest BCUT2D eigenvalue weighted by Gasteiger charge is 2.46. The molecule has 114 valence electrons. The van der Waals surface area contributed by atoms with Crippen LogP contribution in [-0.4, -0.2) is 36.7 Å². The number of ether oxygens (including phenoxy) is 1. The number of halogens is 2. The SMILES string of the molecule is COCC(NC(=O)C1CC1c1ccc(F)cc1F)C(=O)O. The monoisotopic (exact) mass is 299 g/mol. The third-order valence-corrected chi connectivity index (χ3v) is 3.44. The molecule has 0 bridgehead atoms. The molecule has 1 aromatic carbocycles. The number of rotatable bonds is 6. The van der Waals surface area contributed by atoms with Crippen LogP contribution in [0.3, 0.4) is 0 Å². The number of methoxy groups -OCH3 is 1. The second kappa shape index (κ2) is 6.17. The normalized spacial score (nSPS) is 21.7. The second-order valence-electron chi connectivity index (χ2n) is 4.97. The number of carboxylic acid groups (broad SMARTS) is 1.